The van der Waals surface area contributed by atoms with Crippen molar-refractivity contribution < 1.29 is 9.53 Å². The lowest BCUT2D eigenvalue weighted by Gasteiger charge is -2.34. The fourth-order valence-electron chi connectivity index (χ4n) is 2.45. The summed E-state index contributed by atoms with van der Waals surface area (Å²) in [5.74, 6) is 0.599. The van der Waals surface area contributed by atoms with Gasteiger partial charge in [0.15, 0.2) is 0 Å². The molecule has 1 aromatic rings. The average Bonchev–Trinajstić information content (AvgIpc) is 2.53. The Morgan fingerprint density at radius 1 is 1.32 bits per heavy atom. The van der Waals surface area contributed by atoms with Crippen LogP contribution in [0.4, 0.5) is 10.7 Å². The molecule has 1 aliphatic heterocycles. The molecule has 122 valence electrons. The highest BCUT2D eigenvalue weighted by Gasteiger charge is 2.23. The Morgan fingerprint density at radius 2 is 2.05 bits per heavy atom. The van der Waals surface area contributed by atoms with Gasteiger partial charge in [-0.25, -0.2) is 9.78 Å². The Balaban J connectivity index is 2.00. The maximum Gasteiger partial charge on any atom is 0.409 e. The van der Waals surface area contributed by atoms with Gasteiger partial charge in [0, 0.05) is 37.9 Å². The molecule has 1 saturated heterocycles. The minimum absolute atomic E-state index is 0.121. The van der Waals surface area contributed by atoms with Crippen LogP contribution in [0.15, 0.2) is 10.9 Å². The van der Waals surface area contributed by atoms with Gasteiger partial charge in [-0.2, -0.15) is 0 Å². The lowest BCUT2D eigenvalue weighted by molar-refractivity contribution is 0.105. The van der Waals surface area contributed by atoms with Crippen molar-refractivity contribution in [1.29, 1.82) is 0 Å². The number of hydrogen-bond acceptors (Lipinski definition) is 5. The van der Waals surface area contributed by atoms with Crippen molar-refractivity contribution in [3.63, 3.8) is 0 Å². The number of ether oxygens (including phenoxy) is 1. The maximum absolute atomic E-state index is 11.8. The van der Waals surface area contributed by atoms with E-state index in [2.05, 4.69) is 16.9 Å². The molecule has 1 amide bonds. The van der Waals surface area contributed by atoms with Crippen LogP contribution in [0.3, 0.4) is 0 Å². The molecule has 0 aliphatic carbocycles. The van der Waals surface area contributed by atoms with Gasteiger partial charge in [0.05, 0.1) is 6.61 Å². The molecule has 22 heavy (non-hydrogen) atoms. The number of carbonyl (C=O) groups is 1. The van der Waals surface area contributed by atoms with Gasteiger partial charge >= 0.3 is 6.09 Å². The van der Waals surface area contributed by atoms with Crippen LogP contribution >= 0.6 is 0 Å². The summed E-state index contributed by atoms with van der Waals surface area (Å²) in [5, 5.41) is 0. The number of hydrogen-bond donors (Lipinski definition) is 1. The molecule has 1 N–H and O–H groups in total. The molecule has 0 unspecified atom stereocenters. The quantitative estimate of drug-likeness (QED) is 0.889. The number of amides is 1. The van der Waals surface area contributed by atoms with Crippen molar-refractivity contribution in [2.75, 3.05) is 37.7 Å². The van der Waals surface area contributed by atoms with E-state index in [9.17, 15) is 9.59 Å². The van der Waals surface area contributed by atoms with Crippen molar-refractivity contribution in [2.24, 2.45) is 0 Å². The molecule has 7 nitrogen and oxygen atoms in total. The summed E-state index contributed by atoms with van der Waals surface area (Å²) < 4.78 is 5.00. The number of nitrogens with zero attached hydrogens (tertiary/aromatic N) is 3. The molecule has 0 bridgehead atoms. The highest BCUT2D eigenvalue weighted by Crippen LogP contribution is 2.11. The van der Waals surface area contributed by atoms with Gasteiger partial charge in [0.2, 0.25) is 5.95 Å². The predicted molar refractivity (Wildman–Crippen MR) is 84.3 cm³/mol. The van der Waals surface area contributed by atoms with Crippen LogP contribution in [0, 0.1) is 0 Å². The number of rotatable bonds is 5. The lowest BCUT2D eigenvalue weighted by atomic mass is 10.2. The van der Waals surface area contributed by atoms with Gasteiger partial charge in [-0.05, 0) is 19.8 Å². The summed E-state index contributed by atoms with van der Waals surface area (Å²) in [7, 11) is 0. The molecule has 0 atom stereocenters. The van der Waals surface area contributed by atoms with E-state index in [1.54, 1.807) is 17.9 Å². The number of piperazine rings is 1. The van der Waals surface area contributed by atoms with Crippen LogP contribution < -0.4 is 10.5 Å². The maximum atomic E-state index is 11.8. The molecule has 1 aromatic heterocycles. The molecule has 0 saturated carbocycles. The fraction of sp³-hybridized carbons (Fsp3) is 0.667. The van der Waals surface area contributed by atoms with Crippen LogP contribution in [0.2, 0.25) is 0 Å². The van der Waals surface area contributed by atoms with Crippen LogP contribution in [0.25, 0.3) is 0 Å². The molecule has 0 radical (unpaired) electrons. The molecule has 7 heteroatoms. The van der Waals surface area contributed by atoms with Crippen molar-refractivity contribution in [2.45, 2.75) is 33.1 Å². The summed E-state index contributed by atoms with van der Waals surface area (Å²) >= 11 is 0. The normalized spacial score (nSPS) is 15.0. The van der Waals surface area contributed by atoms with E-state index in [-0.39, 0.29) is 11.7 Å². The smallest absolute Gasteiger partial charge is 0.409 e. The Labute approximate surface area is 130 Å². The second kappa shape index (κ2) is 7.82. The Hall–Kier alpha value is -2.05. The largest absolute Gasteiger partial charge is 0.450 e. The van der Waals surface area contributed by atoms with E-state index in [1.165, 1.54) is 0 Å². The van der Waals surface area contributed by atoms with E-state index in [1.807, 2.05) is 4.90 Å². The zero-order chi connectivity index (χ0) is 15.9. The molecule has 2 rings (SSSR count). The first-order valence-corrected chi connectivity index (χ1v) is 7.91. The number of carbonyl (C=O) groups excluding carboxylic acids is 1. The highest BCUT2D eigenvalue weighted by atomic mass is 16.6. The zero-order valence-electron chi connectivity index (χ0n) is 13.3. The van der Waals surface area contributed by atoms with E-state index >= 15 is 0 Å². The molecule has 1 aliphatic rings. The minimum atomic E-state index is -0.278. The van der Waals surface area contributed by atoms with Crippen LogP contribution in [0.5, 0.6) is 0 Å². The molecular formula is C15H24N4O3. The van der Waals surface area contributed by atoms with Crippen molar-refractivity contribution in [1.82, 2.24) is 14.9 Å². The summed E-state index contributed by atoms with van der Waals surface area (Å²) in [5.41, 5.74) is 0.706. The number of H-pyrrole nitrogens is 1. The van der Waals surface area contributed by atoms with Crippen LogP contribution in [0.1, 0.15) is 32.4 Å². The molecule has 1 fully saturated rings. The third kappa shape index (κ3) is 4.22. The highest BCUT2D eigenvalue weighted by molar-refractivity contribution is 5.68. The molecule has 0 spiro atoms. The monoisotopic (exact) mass is 308 g/mol. The first-order valence-electron chi connectivity index (χ1n) is 7.91. The van der Waals surface area contributed by atoms with Crippen molar-refractivity contribution >= 4 is 12.0 Å². The van der Waals surface area contributed by atoms with E-state index in [0.29, 0.717) is 38.7 Å². The Morgan fingerprint density at radius 3 is 2.68 bits per heavy atom. The van der Waals surface area contributed by atoms with E-state index < -0.39 is 0 Å². The number of aromatic amines is 1. The van der Waals surface area contributed by atoms with Gasteiger partial charge in [-0.3, -0.25) is 9.78 Å². The summed E-state index contributed by atoms with van der Waals surface area (Å²) in [6, 6.07) is 1.56. The zero-order valence-corrected chi connectivity index (χ0v) is 13.3. The summed E-state index contributed by atoms with van der Waals surface area (Å²) in [6.45, 7) is 6.71. The van der Waals surface area contributed by atoms with Crippen LogP contribution in [-0.2, 0) is 11.2 Å². The first-order chi connectivity index (χ1) is 10.6. The standard InChI is InChI=1S/C15H24N4O3/c1-3-5-6-12-11-13(20)17-14(16-12)18-7-9-19(10-8-18)15(21)22-4-2/h11H,3-10H2,1-2H3,(H,16,17,20). The minimum Gasteiger partial charge on any atom is -0.450 e. The molecule has 2 heterocycles. The Kier molecular flexibility index (Phi) is 5.80. The van der Waals surface area contributed by atoms with Gasteiger partial charge in [-0.1, -0.05) is 13.3 Å². The van der Waals surface area contributed by atoms with E-state index in [4.69, 9.17) is 4.74 Å². The first kappa shape index (κ1) is 16.3. The summed E-state index contributed by atoms with van der Waals surface area (Å²) in [6.07, 6.45) is 2.63. The van der Waals surface area contributed by atoms with E-state index in [0.717, 1.165) is 25.0 Å². The number of unbranched alkanes of at least 4 members (excludes halogenated alkanes) is 1. The lowest BCUT2D eigenvalue weighted by Crippen LogP contribution is -2.49. The van der Waals surface area contributed by atoms with Gasteiger partial charge in [0.25, 0.3) is 5.56 Å². The second-order valence-electron chi connectivity index (χ2n) is 5.34. The van der Waals surface area contributed by atoms with Gasteiger partial charge < -0.3 is 14.5 Å². The molecular weight excluding hydrogens is 284 g/mol. The third-order valence-electron chi connectivity index (χ3n) is 3.67. The van der Waals surface area contributed by atoms with Crippen molar-refractivity contribution in [3.05, 3.63) is 22.1 Å². The SMILES string of the molecule is CCCCc1cc(=O)[nH]c(N2CCN(C(=O)OCC)CC2)n1. The number of aryl methyl sites for hydroxylation is 1. The number of aromatic nitrogens is 2. The van der Waals surface area contributed by atoms with Crippen molar-refractivity contribution in [3.8, 4) is 0 Å². The summed E-state index contributed by atoms with van der Waals surface area (Å²) in [4.78, 5) is 34.5. The number of anilines is 1. The van der Waals surface area contributed by atoms with Gasteiger partial charge in [-0.15, -0.1) is 0 Å². The molecule has 0 aromatic carbocycles. The second-order valence-corrected chi connectivity index (χ2v) is 5.34. The Bertz CT molecular complexity index is 550. The fourth-order valence-corrected chi connectivity index (χ4v) is 2.45. The topological polar surface area (TPSA) is 78.5 Å². The van der Waals surface area contributed by atoms with Gasteiger partial charge in [0.1, 0.15) is 0 Å². The third-order valence-corrected chi connectivity index (χ3v) is 3.67. The van der Waals surface area contributed by atoms with Crippen LogP contribution in [-0.4, -0.2) is 53.7 Å². The number of nitrogens with one attached hydrogen (secondary N) is 1. The average molecular weight is 308 g/mol. The predicted octanol–water partition coefficient (Wildman–Crippen LogP) is 1.39.